The number of carbonyl (C=O) groups is 1. The summed E-state index contributed by atoms with van der Waals surface area (Å²) in [6, 6.07) is 17.2. The maximum absolute atomic E-state index is 13.4. The second-order valence-electron chi connectivity index (χ2n) is 7.61. The number of hydrogen-bond donors (Lipinski definition) is 2. The average Bonchev–Trinajstić information content (AvgIpc) is 3.27. The van der Waals surface area contributed by atoms with Gasteiger partial charge in [0, 0.05) is 43.2 Å². The molecule has 1 amide bonds. The first kappa shape index (κ1) is 24.3. The first-order chi connectivity index (χ1) is 15.8. The molecule has 0 saturated heterocycles. The number of nitrogens with one attached hydrogen (secondary N) is 2. The number of rotatable bonds is 11. The molecule has 3 aromatic rings. The highest BCUT2D eigenvalue weighted by Crippen LogP contribution is 2.19. The predicted molar refractivity (Wildman–Crippen MR) is 127 cm³/mol. The van der Waals surface area contributed by atoms with E-state index in [9.17, 15) is 17.6 Å². The van der Waals surface area contributed by atoms with Crippen LogP contribution in [0.25, 0.3) is 17.3 Å². The number of amides is 1. The number of aromatic amines is 1. The zero-order valence-corrected chi connectivity index (χ0v) is 19.2. The van der Waals surface area contributed by atoms with Gasteiger partial charge in [0.1, 0.15) is 5.82 Å². The van der Waals surface area contributed by atoms with Crippen LogP contribution in [0.4, 0.5) is 4.39 Å². The lowest BCUT2D eigenvalue weighted by atomic mass is 10.1. The first-order valence-corrected chi connectivity index (χ1v) is 12.1. The van der Waals surface area contributed by atoms with Crippen LogP contribution >= 0.6 is 0 Å². The highest BCUT2D eigenvalue weighted by Gasteiger charge is 2.12. The summed E-state index contributed by atoms with van der Waals surface area (Å²) in [4.78, 5) is 13.9. The SMILES string of the molecule is CN(CCCc1cc(-c2cccc(F)c2)n[nH]1)C(=O)CCNS(=O)(=O)/C=C/c1ccccc1. The molecule has 0 spiro atoms. The van der Waals surface area contributed by atoms with Crippen LogP contribution in [0.15, 0.2) is 66.1 Å². The fraction of sp³-hybridized carbons (Fsp3) is 0.250. The molecule has 33 heavy (non-hydrogen) atoms. The van der Waals surface area contributed by atoms with Crippen molar-refractivity contribution in [2.75, 3.05) is 20.1 Å². The Morgan fingerprint density at radius 2 is 1.94 bits per heavy atom. The summed E-state index contributed by atoms with van der Waals surface area (Å²) in [6.45, 7) is 0.552. The molecule has 1 aromatic heterocycles. The standard InChI is InChI=1S/C24H27FN4O3S/c1-29(15-6-11-22-18-23(28-27-22)20-9-5-10-21(25)17-20)24(30)12-14-26-33(31,32)16-13-19-7-3-2-4-8-19/h2-5,7-10,13,16-18,26H,6,11-12,14-15H2,1H3,(H,27,28)/b16-13+. The number of nitrogens with zero attached hydrogens (tertiary/aromatic N) is 2. The molecule has 174 valence electrons. The molecule has 0 atom stereocenters. The number of sulfonamides is 1. The van der Waals surface area contributed by atoms with E-state index in [1.165, 1.54) is 18.2 Å². The minimum Gasteiger partial charge on any atom is -0.346 e. The summed E-state index contributed by atoms with van der Waals surface area (Å²) in [6.07, 6.45) is 2.96. The van der Waals surface area contributed by atoms with Gasteiger partial charge in [-0.05, 0) is 42.7 Å². The van der Waals surface area contributed by atoms with Crippen molar-refractivity contribution >= 4 is 22.0 Å². The van der Waals surface area contributed by atoms with Crippen LogP contribution in [0.5, 0.6) is 0 Å². The third kappa shape index (κ3) is 7.96. The summed E-state index contributed by atoms with van der Waals surface area (Å²) in [5.41, 5.74) is 3.04. The van der Waals surface area contributed by atoms with Gasteiger partial charge in [0.05, 0.1) is 5.69 Å². The smallest absolute Gasteiger partial charge is 0.233 e. The van der Waals surface area contributed by atoms with Crippen molar-refractivity contribution < 1.29 is 17.6 Å². The van der Waals surface area contributed by atoms with Crippen LogP contribution < -0.4 is 4.72 Å². The number of hydrogen-bond acceptors (Lipinski definition) is 4. The number of aromatic nitrogens is 2. The number of halogens is 1. The Balaban J connectivity index is 1.38. The number of carbonyl (C=O) groups excluding carboxylic acids is 1. The summed E-state index contributed by atoms with van der Waals surface area (Å²) in [7, 11) is -1.92. The van der Waals surface area contributed by atoms with Crippen LogP contribution in [-0.4, -0.2) is 49.6 Å². The highest BCUT2D eigenvalue weighted by molar-refractivity contribution is 7.92. The van der Waals surface area contributed by atoms with Crippen LogP contribution in [-0.2, 0) is 21.2 Å². The van der Waals surface area contributed by atoms with Crippen LogP contribution in [0.1, 0.15) is 24.1 Å². The zero-order valence-electron chi connectivity index (χ0n) is 18.4. The minimum atomic E-state index is -3.61. The Morgan fingerprint density at radius 3 is 2.70 bits per heavy atom. The summed E-state index contributed by atoms with van der Waals surface area (Å²) in [5, 5.41) is 8.25. The van der Waals surface area contributed by atoms with E-state index < -0.39 is 10.0 Å². The molecule has 1 heterocycles. The van der Waals surface area contributed by atoms with Gasteiger partial charge in [0.15, 0.2) is 0 Å². The molecule has 3 rings (SSSR count). The molecular formula is C24H27FN4O3S. The highest BCUT2D eigenvalue weighted by atomic mass is 32.2. The van der Waals surface area contributed by atoms with Gasteiger partial charge in [0.2, 0.25) is 15.9 Å². The quantitative estimate of drug-likeness (QED) is 0.448. The van der Waals surface area contributed by atoms with E-state index in [4.69, 9.17) is 0 Å². The second kappa shape index (κ2) is 11.5. The Kier molecular flexibility index (Phi) is 8.51. The maximum Gasteiger partial charge on any atom is 0.233 e. The molecular weight excluding hydrogens is 443 g/mol. The van der Waals surface area contributed by atoms with Crippen LogP contribution in [0.2, 0.25) is 0 Å². The van der Waals surface area contributed by atoms with Crippen molar-refractivity contribution in [1.82, 2.24) is 19.8 Å². The van der Waals surface area contributed by atoms with Gasteiger partial charge in [-0.3, -0.25) is 9.89 Å². The van der Waals surface area contributed by atoms with Crippen molar-refractivity contribution in [3.05, 3.63) is 83.1 Å². The summed E-state index contributed by atoms with van der Waals surface area (Å²) in [5.74, 6) is -0.457. The minimum absolute atomic E-state index is 0.0299. The largest absolute Gasteiger partial charge is 0.346 e. The molecule has 0 aliphatic rings. The van der Waals surface area contributed by atoms with E-state index in [1.54, 1.807) is 36.2 Å². The van der Waals surface area contributed by atoms with Crippen molar-refractivity contribution in [3.8, 4) is 11.3 Å². The third-order valence-electron chi connectivity index (χ3n) is 5.00. The molecule has 2 aromatic carbocycles. The molecule has 0 radical (unpaired) electrons. The predicted octanol–water partition coefficient (Wildman–Crippen LogP) is 3.59. The second-order valence-corrected chi connectivity index (χ2v) is 9.26. The third-order valence-corrected chi connectivity index (χ3v) is 6.10. The van der Waals surface area contributed by atoms with E-state index in [1.807, 2.05) is 24.3 Å². The lowest BCUT2D eigenvalue weighted by Gasteiger charge is -2.16. The number of H-pyrrole nitrogens is 1. The van der Waals surface area contributed by atoms with Crippen molar-refractivity contribution in [2.24, 2.45) is 0 Å². The lowest BCUT2D eigenvalue weighted by Crippen LogP contribution is -2.32. The van der Waals surface area contributed by atoms with Gasteiger partial charge < -0.3 is 4.90 Å². The van der Waals surface area contributed by atoms with Gasteiger partial charge in [-0.25, -0.2) is 17.5 Å². The number of aryl methyl sites for hydroxylation is 1. The molecule has 0 unspecified atom stereocenters. The van der Waals surface area contributed by atoms with E-state index in [0.29, 0.717) is 30.6 Å². The average molecular weight is 471 g/mol. The van der Waals surface area contributed by atoms with Gasteiger partial charge >= 0.3 is 0 Å². The number of benzene rings is 2. The molecule has 9 heteroatoms. The Bertz CT molecular complexity index is 1190. The topological polar surface area (TPSA) is 95.2 Å². The van der Waals surface area contributed by atoms with E-state index in [-0.39, 0.29) is 24.7 Å². The van der Waals surface area contributed by atoms with Gasteiger partial charge in [0.25, 0.3) is 0 Å². The Morgan fingerprint density at radius 1 is 1.15 bits per heavy atom. The Hall–Kier alpha value is -3.30. The zero-order chi connectivity index (χ0) is 23.7. The van der Waals surface area contributed by atoms with E-state index >= 15 is 0 Å². The molecule has 0 aliphatic heterocycles. The van der Waals surface area contributed by atoms with Crippen LogP contribution in [0.3, 0.4) is 0 Å². The fourth-order valence-electron chi connectivity index (χ4n) is 3.19. The summed E-state index contributed by atoms with van der Waals surface area (Å²) >= 11 is 0. The Labute approximate surface area is 193 Å². The molecule has 2 N–H and O–H groups in total. The maximum atomic E-state index is 13.4. The normalized spacial score (nSPS) is 11.7. The van der Waals surface area contributed by atoms with Gasteiger partial charge in [-0.1, -0.05) is 42.5 Å². The van der Waals surface area contributed by atoms with Gasteiger partial charge in [-0.15, -0.1) is 0 Å². The monoisotopic (exact) mass is 470 g/mol. The summed E-state index contributed by atoms with van der Waals surface area (Å²) < 4.78 is 39.9. The fourth-order valence-corrected chi connectivity index (χ4v) is 4.01. The van der Waals surface area contributed by atoms with Crippen molar-refractivity contribution in [3.63, 3.8) is 0 Å². The van der Waals surface area contributed by atoms with Crippen LogP contribution in [0, 0.1) is 5.82 Å². The van der Waals surface area contributed by atoms with Gasteiger partial charge in [-0.2, -0.15) is 5.10 Å². The van der Waals surface area contributed by atoms with Crippen molar-refractivity contribution in [2.45, 2.75) is 19.3 Å². The molecule has 0 saturated carbocycles. The molecule has 0 aliphatic carbocycles. The lowest BCUT2D eigenvalue weighted by molar-refractivity contribution is -0.129. The molecule has 0 bridgehead atoms. The van der Waals surface area contributed by atoms with E-state index in [0.717, 1.165) is 16.7 Å². The molecule has 0 fully saturated rings. The molecule has 7 nitrogen and oxygen atoms in total. The van der Waals surface area contributed by atoms with Crippen molar-refractivity contribution in [1.29, 1.82) is 0 Å². The first-order valence-electron chi connectivity index (χ1n) is 10.6. The van der Waals surface area contributed by atoms with E-state index in [2.05, 4.69) is 14.9 Å².